The van der Waals surface area contributed by atoms with Crippen molar-refractivity contribution in [1.29, 1.82) is 0 Å². The van der Waals surface area contributed by atoms with Gasteiger partial charge in [0.25, 0.3) is 0 Å². The Balaban J connectivity index is 1.28. The van der Waals surface area contributed by atoms with Crippen molar-refractivity contribution in [2.24, 2.45) is 0 Å². The molecule has 0 atom stereocenters. The van der Waals surface area contributed by atoms with Crippen LogP contribution in [0.3, 0.4) is 0 Å². The highest BCUT2D eigenvalue weighted by Crippen LogP contribution is 2.38. The fourth-order valence-electron chi connectivity index (χ4n) is 5.87. The Morgan fingerprint density at radius 1 is 0.875 bits per heavy atom. The van der Waals surface area contributed by atoms with Gasteiger partial charge in [0.2, 0.25) is 0 Å². The highest BCUT2D eigenvalue weighted by molar-refractivity contribution is 5.90. The van der Waals surface area contributed by atoms with E-state index in [1.807, 2.05) is 0 Å². The van der Waals surface area contributed by atoms with Crippen LogP contribution in [0.2, 0.25) is 0 Å². The lowest BCUT2D eigenvalue weighted by Crippen LogP contribution is -2.25. The molecule has 0 radical (unpaired) electrons. The standard InChI is InChI=1S/C33H41F3O4/c1-3-5-19-38-24-11-7-23(8-12-24)28-17-18-29(32(36)31(28)35)33(37)40-25-13-9-22(10-14-25)27-16-15-26(21-30(27)34)39-20-6-4-2/h4,15-18,21-25H,2-3,5-14,19-20H2,1H3. The number of ether oxygens (including phenoxy) is 3. The highest BCUT2D eigenvalue weighted by Gasteiger charge is 2.31. The molecule has 0 heterocycles. The molecule has 2 fully saturated rings. The molecule has 2 aliphatic rings. The topological polar surface area (TPSA) is 44.8 Å². The highest BCUT2D eigenvalue weighted by atomic mass is 19.2. The summed E-state index contributed by atoms with van der Waals surface area (Å²) in [7, 11) is 0. The summed E-state index contributed by atoms with van der Waals surface area (Å²) in [4.78, 5) is 12.8. The number of esters is 1. The molecule has 40 heavy (non-hydrogen) atoms. The van der Waals surface area contributed by atoms with Crippen molar-refractivity contribution in [3.63, 3.8) is 0 Å². The Bertz CT molecular complexity index is 1130. The van der Waals surface area contributed by atoms with Gasteiger partial charge >= 0.3 is 5.97 Å². The molecule has 4 nitrogen and oxygen atoms in total. The summed E-state index contributed by atoms with van der Waals surface area (Å²) in [5.41, 5.74) is 0.560. The van der Waals surface area contributed by atoms with Crippen molar-refractivity contribution < 1.29 is 32.2 Å². The van der Waals surface area contributed by atoms with Crippen LogP contribution in [0.4, 0.5) is 13.2 Å². The molecule has 4 rings (SSSR count). The smallest absolute Gasteiger partial charge is 0.341 e. The molecule has 0 amide bonds. The van der Waals surface area contributed by atoms with Crippen LogP contribution in [-0.4, -0.2) is 31.4 Å². The van der Waals surface area contributed by atoms with Gasteiger partial charge in [0.15, 0.2) is 11.6 Å². The minimum absolute atomic E-state index is 0.00206. The molecule has 0 spiro atoms. The molecular weight excluding hydrogens is 517 g/mol. The van der Waals surface area contributed by atoms with Crippen LogP contribution in [-0.2, 0) is 9.47 Å². The first-order valence-electron chi connectivity index (χ1n) is 14.7. The predicted molar refractivity (Wildman–Crippen MR) is 149 cm³/mol. The Hall–Kier alpha value is -2.80. The summed E-state index contributed by atoms with van der Waals surface area (Å²) in [6, 6.07) is 7.80. The molecule has 0 bridgehead atoms. The molecule has 7 heteroatoms. The Kier molecular flexibility index (Phi) is 11.1. The zero-order valence-electron chi connectivity index (χ0n) is 23.4. The molecule has 2 aliphatic carbocycles. The van der Waals surface area contributed by atoms with Gasteiger partial charge in [0, 0.05) is 12.7 Å². The fraction of sp³-hybridized carbons (Fsp3) is 0.545. The SMILES string of the molecule is C=CCCOc1ccc(C2CCC(OC(=O)c3ccc(C4CCC(OCCCC)CC4)c(F)c3F)CC2)c(F)c1. The summed E-state index contributed by atoms with van der Waals surface area (Å²) < 4.78 is 61.8. The van der Waals surface area contributed by atoms with Crippen LogP contribution in [0.15, 0.2) is 43.0 Å². The summed E-state index contributed by atoms with van der Waals surface area (Å²) >= 11 is 0. The Morgan fingerprint density at radius 3 is 2.17 bits per heavy atom. The van der Waals surface area contributed by atoms with Crippen LogP contribution in [0.25, 0.3) is 0 Å². The van der Waals surface area contributed by atoms with Crippen LogP contribution < -0.4 is 4.74 Å². The van der Waals surface area contributed by atoms with Crippen LogP contribution in [0, 0.1) is 17.5 Å². The van der Waals surface area contributed by atoms with Gasteiger partial charge in [-0.25, -0.2) is 18.0 Å². The molecule has 218 valence electrons. The number of hydrogen-bond donors (Lipinski definition) is 0. The van der Waals surface area contributed by atoms with E-state index in [4.69, 9.17) is 14.2 Å². The van der Waals surface area contributed by atoms with Gasteiger partial charge in [0.05, 0.1) is 18.3 Å². The summed E-state index contributed by atoms with van der Waals surface area (Å²) in [5, 5.41) is 0. The summed E-state index contributed by atoms with van der Waals surface area (Å²) in [5.74, 6) is -2.88. The lowest BCUT2D eigenvalue weighted by molar-refractivity contribution is 0.0188. The molecule has 0 aliphatic heterocycles. The Labute approximate surface area is 235 Å². The van der Waals surface area contributed by atoms with Crippen molar-refractivity contribution in [3.05, 3.63) is 77.1 Å². The van der Waals surface area contributed by atoms with Crippen LogP contribution in [0.5, 0.6) is 5.75 Å². The minimum atomic E-state index is -1.14. The Morgan fingerprint density at radius 2 is 1.52 bits per heavy atom. The quantitative estimate of drug-likeness (QED) is 0.148. The summed E-state index contributed by atoms with van der Waals surface area (Å²) in [6.07, 6.45) is 9.70. The zero-order valence-corrected chi connectivity index (χ0v) is 23.4. The second kappa shape index (κ2) is 14.7. The van der Waals surface area contributed by atoms with E-state index in [2.05, 4.69) is 13.5 Å². The third-order valence-corrected chi connectivity index (χ3v) is 8.25. The normalized spacial score (nSPS) is 23.0. The number of unbranched alkanes of at least 4 members (excludes halogenated alkanes) is 1. The number of halogens is 3. The molecule has 2 aromatic rings. The van der Waals surface area contributed by atoms with E-state index in [-0.39, 0.29) is 29.3 Å². The first-order chi connectivity index (χ1) is 19.4. The molecule has 2 saturated carbocycles. The second-order valence-electron chi connectivity index (χ2n) is 11.0. The van der Waals surface area contributed by atoms with E-state index >= 15 is 8.78 Å². The van der Waals surface area contributed by atoms with Crippen molar-refractivity contribution in [2.45, 2.75) is 102 Å². The van der Waals surface area contributed by atoms with Gasteiger partial charge in [0.1, 0.15) is 17.7 Å². The number of benzene rings is 2. The molecule has 0 saturated heterocycles. The monoisotopic (exact) mass is 558 g/mol. The summed E-state index contributed by atoms with van der Waals surface area (Å²) in [6.45, 7) is 6.95. The number of carbonyl (C=O) groups excluding carboxylic acids is 1. The maximum Gasteiger partial charge on any atom is 0.341 e. The van der Waals surface area contributed by atoms with E-state index in [1.54, 1.807) is 18.2 Å². The first kappa shape index (κ1) is 30.2. The average Bonchev–Trinajstić information content (AvgIpc) is 2.96. The third kappa shape index (κ3) is 7.68. The van der Waals surface area contributed by atoms with E-state index in [0.717, 1.165) is 45.1 Å². The van der Waals surface area contributed by atoms with E-state index in [1.165, 1.54) is 18.2 Å². The molecule has 0 aromatic heterocycles. The third-order valence-electron chi connectivity index (χ3n) is 8.25. The average molecular weight is 559 g/mol. The van der Waals surface area contributed by atoms with Gasteiger partial charge < -0.3 is 14.2 Å². The zero-order chi connectivity index (χ0) is 28.5. The molecular formula is C33H41F3O4. The van der Waals surface area contributed by atoms with Crippen molar-refractivity contribution in [2.75, 3.05) is 13.2 Å². The second-order valence-corrected chi connectivity index (χ2v) is 11.0. The molecule has 0 N–H and O–H groups in total. The van der Waals surface area contributed by atoms with E-state index < -0.39 is 23.7 Å². The molecule has 0 unspecified atom stereocenters. The van der Waals surface area contributed by atoms with Gasteiger partial charge in [-0.3, -0.25) is 0 Å². The number of hydrogen-bond acceptors (Lipinski definition) is 4. The van der Waals surface area contributed by atoms with Crippen molar-refractivity contribution in [3.8, 4) is 5.75 Å². The molecule has 2 aromatic carbocycles. The maximum absolute atomic E-state index is 15.1. The number of rotatable bonds is 12. The predicted octanol–water partition coefficient (Wildman–Crippen LogP) is 8.78. The first-order valence-corrected chi connectivity index (χ1v) is 14.7. The van der Waals surface area contributed by atoms with Crippen molar-refractivity contribution in [1.82, 2.24) is 0 Å². The lowest BCUT2D eigenvalue weighted by atomic mass is 9.82. The van der Waals surface area contributed by atoms with Gasteiger partial charge in [-0.05, 0) is 99.3 Å². The van der Waals surface area contributed by atoms with Gasteiger partial charge in [-0.1, -0.05) is 31.6 Å². The maximum atomic E-state index is 15.1. The largest absolute Gasteiger partial charge is 0.493 e. The minimum Gasteiger partial charge on any atom is -0.493 e. The van der Waals surface area contributed by atoms with Gasteiger partial charge in [-0.15, -0.1) is 6.58 Å². The number of carbonyl (C=O) groups is 1. The van der Waals surface area contributed by atoms with E-state index in [0.29, 0.717) is 55.6 Å². The van der Waals surface area contributed by atoms with Gasteiger partial charge in [-0.2, -0.15) is 0 Å². The van der Waals surface area contributed by atoms with E-state index in [9.17, 15) is 9.18 Å². The van der Waals surface area contributed by atoms with Crippen molar-refractivity contribution >= 4 is 5.97 Å². The lowest BCUT2D eigenvalue weighted by Gasteiger charge is -2.30. The fourth-order valence-corrected chi connectivity index (χ4v) is 5.87. The van der Waals surface area contributed by atoms with Crippen LogP contribution in [0.1, 0.15) is 111 Å². The van der Waals surface area contributed by atoms with Crippen LogP contribution >= 0.6 is 0 Å².